The molecule has 1 aliphatic rings. The summed E-state index contributed by atoms with van der Waals surface area (Å²) in [6, 6.07) is 7.07. The Balaban J connectivity index is 0.00000208. The second-order valence-electron chi connectivity index (χ2n) is 6.45. The topological polar surface area (TPSA) is 52.2 Å². The van der Waals surface area contributed by atoms with E-state index in [0.29, 0.717) is 6.04 Å². The molecule has 2 aromatic rings. The molecule has 1 aromatic carbocycles. The first-order valence-electron chi connectivity index (χ1n) is 8.88. The number of nitrogens with zero attached hydrogens (tertiary/aromatic N) is 1. The summed E-state index contributed by atoms with van der Waals surface area (Å²) in [7, 11) is 0. The van der Waals surface area contributed by atoms with E-state index in [0.717, 1.165) is 25.5 Å². The van der Waals surface area contributed by atoms with Crippen LogP contribution in [0.2, 0.25) is 0 Å². The highest BCUT2D eigenvalue weighted by Gasteiger charge is 2.15. The molecule has 3 N–H and O–H groups in total. The molecule has 0 atom stereocenters. The number of guanidine groups is 1. The molecule has 5 heteroatoms. The molecule has 0 bridgehead atoms. The number of hydrogen-bond acceptors (Lipinski definition) is 1. The Morgan fingerprint density at radius 1 is 1.29 bits per heavy atom. The third-order valence-corrected chi connectivity index (χ3v) is 4.70. The minimum Gasteiger partial charge on any atom is -0.361 e. The van der Waals surface area contributed by atoms with E-state index in [4.69, 9.17) is 4.99 Å². The molecule has 1 heterocycles. The molecule has 1 fully saturated rings. The second kappa shape index (κ2) is 9.30. The lowest BCUT2D eigenvalue weighted by Gasteiger charge is -2.16. The van der Waals surface area contributed by atoms with Gasteiger partial charge in [0, 0.05) is 36.2 Å². The fraction of sp³-hybridized carbons (Fsp3) is 0.526. The summed E-state index contributed by atoms with van der Waals surface area (Å²) >= 11 is 0. The summed E-state index contributed by atoms with van der Waals surface area (Å²) in [5.74, 6) is 0.968. The lowest BCUT2D eigenvalue weighted by Crippen LogP contribution is -2.42. The highest BCUT2D eigenvalue weighted by atomic mass is 127. The van der Waals surface area contributed by atoms with E-state index in [1.807, 2.05) is 0 Å². The first-order valence-corrected chi connectivity index (χ1v) is 8.88. The van der Waals surface area contributed by atoms with Crippen molar-refractivity contribution in [1.29, 1.82) is 0 Å². The Morgan fingerprint density at radius 3 is 2.83 bits per heavy atom. The largest absolute Gasteiger partial charge is 0.361 e. The first-order chi connectivity index (χ1) is 11.3. The van der Waals surface area contributed by atoms with Crippen molar-refractivity contribution < 1.29 is 0 Å². The van der Waals surface area contributed by atoms with Crippen molar-refractivity contribution in [3.05, 3.63) is 35.5 Å². The first kappa shape index (κ1) is 19.1. The standard InChI is InChI=1S/C19H28N4.HI/c1-3-20-19(23-16-8-4-5-9-16)21-12-11-15-13-22-18-14(2)7-6-10-17(15)18;/h6-7,10,13,16,22H,3-5,8-9,11-12H2,1-2H3,(H2,20,21,23);1H. The molecule has 3 rings (SSSR count). The molecule has 0 aliphatic heterocycles. The summed E-state index contributed by atoms with van der Waals surface area (Å²) in [4.78, 5) is 8.16. The van der Waals surface area contributed by atoms with Crippen molar-refractivity contribution in [1.82, 2.24) is 15.6 Å². The van der Waals surface area contributed by atoms with Gasteiger partial charge in [0.25, 0.3) is 0 Å². The summed E-state index contributed by atoms with van der Waals surface area (Å²) in [6.07, 6.45) is 8.31. The number of aromatic amines is 1. The molecule has 132 valence electrons. The Hall–Kier alpha value is -1.24. The van der Waals surface area contributed by atoms with E-state index in [1.54, 1.807) is 0 Å². The molecule has 0 radical (unpaired) electrons. The van der Waals surface area contributed by atoms with E-state index < -0.39 is 0 Å². The van der Waals surface area contributed by atoms with Crippen LogP contribution in [0.5, 0.6) is 0 Å². The van der Waals surface area contributed by atoms with Crippen LogP contribution in [0.15, 0.2) is 29.4 Å². The summed E-state index contributed by atoms with van der Waals surface area (Å²) in [5.41, 5.74) is 3.90. The number of aryl methyl sites for hydroxylation is 1. The number of aromatic nitrogens is 1. The van der Waals surface area contributed by atoms with Gasteiger partial charge in [-0.3, -0.25) is 4.99 Å². The molecular formula is C19H29IN4. The van der Waals surface area contributed by atoms with Gasteiger partial charge >= 0.3 is 0 Å². The Labute approximate surface area is 161 Å². The molecule has 0 spiro atoms. The van der Waals surface area contributed by atoms with Gasteiger partial charge < -0.3 is 15.6 Å². The zero-order valence-corrected chi connectivity index (χ0v) is 17.0. The number of benzene rings is 1. The van der Waals surface area contributed by atoms with Crippen molar-refractivity contribution in [3.63, 3.8) is 0 Å². The molecule has 24 heavy (non-hydrogen) atoms. The summed E-state index contributed by atoms with van der Waals surface area (Å²) < 4.78 is 0. The van der Waals surface area contributed by atoms with Crippen LogP contribution < -0.4 is 10.6 Å². The lowest BCUT2D eigenvalue weighted by molar-refractivity contribution is 0.614. The number of aliphatic imine (C=N–C) groups is 1. The van der Waals surface area contributed by atoms with Crippen LogP contribution >= 0.6 is 24.0 Å². The van der Waals surface area contributed by atoms with Crippen LogP contribution in [0.1, 0.15) is 43.7 Å². The van der Waals surface area contributed by atoms with Gasteiger partial charge in [0.15, 0.2) is 5.96 Å². The Morgan fingerprint density at radius 2 is 2.08 bits per heavy atom. The molecule has 0 unspecified atom stereocenters. The van der Waals surface area contributed by atoms with Crippen molar-refractivity contribution in [2.75, 3.05) is 13.1 Å². The third kappa shape index (κ3) is 4.65. The SMILES string of the molecule is CCNC(=NCCc1c[nH]c2c(C)cccc12)NC1CCCC1.I. The number of rotatable bonds is 5. The highest BCUT2D eigenvalue weighted by Crippen LogP contribution is 2.21. The fourth-order valence-corrected chi connectivity index (χ4v) is 3.44. The van der Waals surface area contributed by atoms with Crippen LogP contribution in [0.25, 0.3) is 10.9 Å². The third-order valence-electron chi connectivity index (χ3n) is 4.70. The van der Waals surface area contributed by atoms with Gasteiger partial charge in [0.2, 0.25) is 0 Å². The van der Waals surface area contributed by atoms with Gasteiger partial charge in [-0.2, -0.15) is 0 Å². The average Bonchev–Trinajstić information content (AvgIpc) is 3.18. The number of nitrogens with one attached hydrogen (secondary N) is 3. The zero-order chi connectivity index (χ0) is 16.1. The number of hydrogen-bond donors (Lipinski definition) is 3. The van der Waals surface area contributed by atoms with Gasteiger partial charge in [0.05, 0.1) is 0 Å². The summed E-state index contributed by atoms with van der Waals surface area (Å²) in [6.45, 7) is 5.98. The van der Waals surface area contributed by atoms with E-state index >= 15 is 0 Å². The van der Waals surface area contributed by atoms with Gasteiger partial charge in [-0.15, -0.1) is 24.0 Å². The minimum absolute atomic E-state index is 0. The average molecular weight is 440 g/mol. The fourth-order valence-electron chi connectivity index (χ4n) is 3.44. The minimum atomic E-state index is 0. The number of H-pyrrole nitrogens is 1. The predicted molar refractivity (Wildman–Crippen MR) is 114 cm³/mol. The van der Waals surface area contributed by atoms with Crippen molar-refractivity contribution >= 4 is 40.8 Å². The van der Waals surface area contributed by atoms with E-state index in [9.17, 15) is 0 Å². The zero-order valence-electron chi connectivity index (χ0n) is 14.7. The van der Waals surface area contributed by atoms with Crippen LogP contribution in [0.3, 0.4) is 0 Å². The molecule has 1 aromatic heterocycles. The normalized spacial score (nSPS) is 15.5. The molecule has 0 saturated heterocycles. The van der Waals surface area contributed by atoms with Crippen LogP contribution in [-0.4, -0.2) is 30.1 Å². The maximum atomic E-state index is 4.76. The molecular weight excluding hydrogens is 411 g/mol. The van der Waals surface area contributed by atoms with Crippen LogP contribution in [0.4, 0.5) is 0 Å². The molecule has 0 amide bonds. The molecule has 1 saturated carbocycles. The molecule has 4 nitrogen and oxygen atoms in total. The Bertz CT molecular complexity index is 671. The maximum absolute atomic E-state index is 4.76. The monoisotopic (exact) mass is 440 g/mol. The van der Waals surface area contributed by atoms with Crippen molar-refractivity contribution in [2.45, 2.75) is 52.0 Å². The van der Waals surface area contributed by atoms with Gasteiger partial charge in [-0.05, 0) is 44.2 Å². The molecule has 1 aliphatic carbocycles. The Kier molecular flexibility index (Phi) is 7.40. The van der Waals surface area contributed by atoms with E-state index in [-0.39, 0.29) is 24.0 Å². The van der Waals surface area contributed by atoms with E-state index in [2.05, 4.69) is 53.9 Å². The van der Waals surface area contributed by atoms with Crippen molar-refractivity contribution in [3.8, 4) is 0 Å². The van der Waals surface area contributed by atoms with Gasteiger partial charge in [-0.1, -0.05) is 31.0 Å². The quantitative estimate of drug-likeness (QED) is 0.372. The smallest absolute Gasteiger partial charge is 0.191 e. The second-order valence-corrected chi connectivity index (χ2v) is 6.45. The lowest BCUT2D eigenvalue weighted by atomic mass is 10.1. The predicted octanol–water partition coefficient (Wildman–Crippen LogP) is 4.13. The summed E-state index contributed by atoms with van der Waals surface area (Å²) in [5, 5.41) is 8.27. The maximum Gasteiger partial charge on any atom is 0.191 e. The number of fused-ring (bicyclic) bond motifs is 1. The van der Waals surface area contributed by atoms with Crippen LogP contribution in [0, 0.1) is 6.92 Å². The number of halogens is 1. The van der Waals surface area contributed by atoms with Crippen LogP contribution in [-0.2, 0) is 6.42 Å². The number of para-hydroxylation sites is 1. The van der Waals surface area contributed by atoms with Crippen molar-refractivity contribution in [2.24, 2.45) is 4.99 Å². The van der Waals surface area contributed by atoms with E-state index in [1.165, 1.54) is 47.7 Å². The van der Waals surface area contributed by atoms with Gasteiger partial charge in [0.1, 0.15) is 0 Å². The van der Waals surface area contributed by atoms with Gasteiger partial charge in [-0.25, -0.2) is 0 Å². The highest BCUT2D eigenvalue weighted by molar-refractivity contribution is 14.0.